The molecule has 0 aliphatic heterocycles. The minimum atomic E-state index is 0.752. The number of nitrogens with zero attached hydrogens (tertiary/aromatic N) is 2. The normalized spacial score (nSPS) is 11.2. The molecule has 0 radical (unpaired) electrons. The quantitative estimate of drug-likeness (QED) is 0.712. The van der Waals surface area contributed by atoms with Crippen LogP contribution in [0.2, 0.25) is 0 Å². The monoisotopic (exact) mass is 255 g/mol. The Kier molecular flexibility index (Phi) is 3.33. The Bertz CT molecular complexity index is 636. The van der Waals surface area contributed by atoms with Gasteiger partial charge in [0.25, 0.3) is 0 Å². The Morgan fingerprint density at radius 2 is 2.16 bits per heavy atom. The smallest absolute Gasteiger partial charge is 0.134 e. The van der Waals surface area contributed by atoms with E-state index in [9.17, 15) is 0 Å². The highest BCUT2D eigenvalue weighted by atomic mass is 16.3. The maximum absolute atomic E-state index is 5.74. The van der Waals surface area contributed by atoms with Gasteiger partial charge in [0.1, 0.15) is 11.3 Å². The van der Waals surface area contributed by atoms with Gasteiger partial charge in [0.15, 0.2) is 0 Å². The van der Waals surface area contributed by atoms with Gasteiger partial charge in [0, 0.05) is 31.6 Å². The van der Waals surface area contributed by atoms with E-state index in [-0.39, 0.29) is 0 Å². The molecule has 1 aromatic carbocycles. The average Bonchev–Trinajstić information content (AvgIpc) is 3.00. The van der Waals surface area contributed by atoms with E-state index in [1.165, 1.54) is 0 Å². The summed E-state index contributed by atoms with van der Waals surface area (Å²) in [5.41, 5.74) is 2.06. The molecule has 3 aromatic rings. The third kappa shape index (κ3) is 2.85. The topological polar surface area (TPSA) is 43.0 Å². The van der Waals surface area contributed by atoms with Gasteiger partial charge in [-0.25, -0.2) is 0 Å². The molecule has 1 N–H and O–H groups in total. The summed E-state index contributed by atoms with van der Waals surface area (Å²) in [6.07, 6.45) is 2.90. The van der Waals surface area contributed by atoms with Gasteiger partial charge in [-0.05, 0) is 18.2 Å². The molecule has 0 fully saturated rings. The van der Waals surface area contributed by atoms with Crippen LogP contribution in [0.15, 0.2) is 47.0 Å². The van der Waals surface area contributed by atoms with Gasteiger partial charge >= 0.3 is 0 Å². The molecule has 98 valence electrons. The summed E-state index contributed by atoms with van der Waals surface area (Å²) >= 11 is 0. The number of nitrogens with one attached hydrogen (secondary N) is 1. The highest BCUT2D eigenvalue weighted by Crippen LogP contribution is 2.18. The first-order valence-corrected chi connectivity index (χ1v) is 6.48. The zero-order valence-electron chi connectivity index (χ0n) is 11.0. The molecule has 0 unspecified atom stereocenters. The molecular weight excluding hydrogens is 238 g/mol. The van der Waals surface area contributed by atoms with Crippen LogP contribution in [0.1, 0.15) is 11.5 Å². The lowest BCUT2D eigenvalue weighted by atomic mass is 10.2. The second kappa shape index (κ2) is 5.28. The summed E-state index contributed by atoms with van der Waals surface area (Å²) in [5, 5.41) is 8.88. The predicted molar refractivity (Wildman–Crippen MR) is 74.8 cm³/mol. The van der Waals surface area contributed by atoms with Gasteiger partial charge in [-0.15, -0.1) is 0 Å². The number of fused-ring (bicyclic) bond motifs is 1. The van der Waals surface area contributed by atoms with Gasteiger partial charge in [-0.3, -0.25) is 4.68 Å². The fraction of sp³-hybridized carbons (Fsp3) is 0.267. The third-order valence-corrected chi connectivity index (χ3v) is 3.10. The van der Waals surface area contributed by atoms with Crippen LogP contribution >= 0.6 is 0 Å². The molecule has 19 heavy (non-hydrogen) atoms. The summed E-state index contributed by atoms with van der Waals surface area (Å²) in [6, 6.07) is 12.2. The Labute approximate surface area is 112 Å². The SMILES string of the molecule is Cn1ccc(CCNCc2cc3ccccc3o2)n1. The van der Waals surface area contributed by atoms with Gasteiger partial charge in [0.2, 0.25) is 0 Å². The first kappa shape index (κ1) is 12.0. The fourth-order valence-electron chi connectivity index (χ4n) is 2.15. The summed E-state index contributed by atoms with van der Waals surface area (Å²) in [6.45, 7) is 1.65. The molecule has 0 atom stereocenters. The average molecular weight is 255 g/mol. The van der Waals surface area contributed by atoms with E-state index in [0.29, 0.717) is 0 Å². The lowest BCUT2D eigenvalue weighted by Gasteiger charge is -2.00. The van der Waals surface area contributed by atoms with Crippen LogP contribution in [0.4, 0.5) is 0 Å². The molecule has 4 heteroatoms. The van der Waals surface area contributed by atoms with Crippen LogP contribution in [-0.2, 0) is 20.0 Å². The van der Waals surface area contributed by atoms with E-state index < -0.39 is 0 Å². The molecule has 0 spiro atoms. The van der Waals surface area contributed by atoms with E-state index >= 15 is 0 Å². The second-order valence-corrected chi connectivity index (χ2v) is 4.66. The summed E-state index contributed by atoms with van der Waals surface area (Å²) in [4.78, 5) is 0. The van der Waals surface area contributed by atoms with Crippen molar-refractivity contribution >= 4 is 11.0 Å². The standard InChI is InChI=1S/C15H17N3O/c1-18-9-7-13(17-18)6-8-16-11-14-10-12-4-2-3-5-15(12)19-14/h2-5,7,9-10,16H,6,8,11H2,1H3. The van der Waals surface area contributed by atoms with Gasteiger partial charge in [-0.2, -0.15) is 5.10 Å². The largest absolute Gasteiger partial charge is 0.460 e. The van der Waals surface area contributed by atoms with Crippen molar-refractivity contribution in [1.29, 1.82) is 0 Å². The highest BCUT2D eigenvalue weighted by Gasteiger charge is 2.02. The summed E-state index contributed by atoms with van der Waals surface area (Å²) < 4.78 is 7.57. The second-order valence-electron chi connectivity index (χ2n) is 4.66. The zero-order chi connectivity index (χ0) is 13.1. The number of hydrogen-bond donors (Lipinski definition) is 1. The number of aromatic nitrogens is 2. The number of furan rings is 1. The van der Waals surface area contributed by atoms with E-state index in [1.807, 2.05) is 42.2 Å². The van der Waals surface area contributed by atoms with Crippen LogP contribution < -0.4 is 5.32 Å². The summed E-state index contributed by atoms with van der Waals surface area (Å²) in [5.74, 6) is 0.974. The molecule has 2 aromatic heterocycles. The number of hydrogen-bond acceptors (Lipinski definition) is 3. The molecule has 0 saturated carbocycles. The lowest BCUT2D eigenvalue weighted by Crippen LogP contribution is -2.16. The van der Waals surface area contributed by atoms with Crippen molar-refractivity contribution in [2.75, 3.05) is 6.54 Å². The van der Waals surface area contributed by atoms with Crippen molar-refractivity contribution in [3.8, 4) is 0 Å². The van der Waals surface area contributed by atoms with E-state index in [2.05, 4.69) is 22.5 Å². The van der Waals surface area contributed by atoms with E-state index in [1.54, 1.807) is 0 Å². The van der Waals surface area contributed by atoms with Crippen molar-refractivity contribution < 1.29 is 4.42 Å². The molecule has 0 bridgehead atoms. The minimum absolute atomic E-state index is 0.752. The van der Waals surface area contributed by atoms with Crippen LogP contribution in [0.3, 0.4) is 0 Å². The Morgan fingerprint density at radius 1 is 1.26 bits per heavy atom. The first-order chi connectivity index (χ1) is 9.31. The Hall–Kier alpha value is -2.07. The molecule has 0 saturated heterocycles. The third-order valence-electron chi connectivity index (χ3n) is 3.10. The van der Waals surface area contributed by atoms with Crippen LogP contribution in [0, 0.1) is 0 Å². The van der Waals surface area contributed by atoms with Gasteiger partial charge in [0.05, 0.1) is 12.2 Å². The minimum Gasteiger partial charge on any atom is -0.460 e. The van der Waals surface area contributed by atoms with Crippen LogP contribution in [0.25, 0.3) is 11.0 Å². The van der Waals surface area contributed by atoms with E-state index in [0.717, 1.165) is 41.9 Å². The number of aryl methyl sites for hydroxylation is 1. The Morgan fingerprint density at radius 3 is 2.95 bits per heavy atom. The van der Waals surface area contributed by atoms with Crippen molar-refractivity contribution in [3.63, 3.8) is 0 Å². The number of rotatable bonds is 5. The molecule has 0 aliphatic rings. The van der Waals surface area contributed by atoms with Gasteiger partial charge < -0.3 is 9.73 Å². The van der Waals surface area contributed by atoms with Crippen molar-refractivity contribution in [2.24, 2.45) is 7.05 Å². The molecule has 0 amide bonds. The van der Waals surface area contributed by atoms with Crippen molar-refractivity contribution in [2.45, 2.75) is 13.0 Å². The molecule has 3 rings (SSSR count). The number of para-hydroxylation sites is 1. The highest BCUT2D eigenvalue weighted by molar-refractivity contribution is 5.77. The molecule has 0 aliphatic carbocycles. The predicted octanol–water partition coefficient (Wildman–Crippen LogP) is 2.50. The van der Waals surface area contributed by atoms with E-state index in [4.69, 9.17) is 4.42 Å². The van der Waals surface area contributed by atoms with Crippen molar-refractivity contribution in [1.82, 2.24) is 15.1 Å². The first-order valence-electron chi connectivity index (χ1n) is 6.48. The maximum atomic E-state index is 5.74. The lowest BCUT2D eigenvalue weighted by molar-refractivity contribution is 0.514. The van der Waals surface area contributed by atoms with Crippen molar-refractivity contribution in [3.05, 3.63) is 54.0 Å². The molecule has 4 nitrogen and oxygen atoms in total. The molecule has 2 heterocycles. The molecular formula is C15H17N3O. The van der Waals surface area contributed by atoms with Crippen LogP contribution in [0.5, 0.6) is 0 Å². The number of benzene rings is 1. The Balaban J connectivity index is 1.52. The van der Waals surface area contributed by atoms with Crippen LogP contribution in [-0.4, -0.2) is 16.3 Å². The summed E-state index contributed by atoms with van der Waals surface area (Å²) in [7, 11) is 1.94. The maximum Gasteiger partial charge on any atom is 0.134 e. The fourth-order valence-corrected chi connectivity index (χ4v) is 2.15. The zero-order valence-corrected chi connectivity index (χ0v) is 11.0. The van der Waals surface area contributed by atoms with Gasteiger partial charge in [-0.1, -0.05) is 18.2 Å².